The van der Waals surface area contributed by atoms with Gasteiger partial charge in [-0.1, -0.05) is 54.6 Å². The molecule has 3 aromatic rings. The van der Waals surface area contributed by atoms with Crippen LogP contribution in [0.5, 0.6) is 0 Å². The number of hydrogen-bond donors (Lipinski definition) is 2. The Labute approximate surface area is 202 Å². The van der Waals surface area contributed by atoms with Crippen LogP contribution in [0.2, 0.25) is 0 Å². The fraction of sp³-hybridized carbons (Fsp3) is 0.292. The first-order chi connectivity index (χ1) is 14.5. The average molecular weight is 551 g/mol. The lowest BCUT2D eigenvalue weighted by molar-refractivity contribution is 0.602. The molecule has 166 valence electrons. The van der Waals surface area contributed by atoms with Crippen molar-refractivity contribution < 1.29 is 8.42 Å². The monoisotopic (exact) mass is 551 g/mol. The van der Waals surface area contributed by atoms with Gasteiger partial charge in [0.1, 0.15) is 0 Å². The third-order valence-electron chi connectivity index (χ3n) is 4.93. The van der Waals surface area contributed by atoms with Gasteiger partial charge in [-0.2, -0.15) is 0 Å². The molecular formula is C24H30IN3O2S. The van der Waals surface area contributed by atoms with Crippen molar-refractivity contribution in [2.45, 2.75) is 24.7 Å². The summed E-state index contributed by atoms with van der Waals surface area (Å²) in [5, 5.41) is 9.18. The zero-order valence-corrected chi connectivity index (χ0v) is 21.1. The summed E-state index contributed by atoms with van der Waals surface area (Å²) in [5.41, 5.74) is 2.39. The quantitative estimate of drug-likeness (QED) is 0.250. The summed E-state index contributed by atoms with van der Waals surface area (Å²) in [6.45, 7) is 4.26. The van der Waals surface area contributed by atoms with E-state index in [4.69, 9.17) is 4.99 Å². The minimum atomic E-state index is -3.15. The molecule has 2 N–H and O–H groups in total. The highest BCUT2D eigenvalue weighted by molar-refractivity contribution is 14.0. The third kappa shape index (κ3) is 7.50. The van der Waals surface area contributed by atoms with E-state index in [9.17, 15) is 8.42 Å². The van der Waals surface area contributed by atoms with Crippen LogP contribution in [0.15, 0.2) is 76.6 Å². The zero-order chi connectivity index (χ0) is 21.4. The van der Waals surface area contributed by atoms with Crippen molar-refractivity contribution in [3.63, 3.8) is 0 Å². The molecule has 0 aliphatic carbocycles. The first-order valence-corrected chi connectivity index (χ1v) is 12.1. The van der Waals surface area contributed by atoms with Crippen molar-refractivity contribution in [2.75, 3.05) is 25.9 Å². The van der Waals surface area contributed by atoms with Gasteiger partial charge >= 0.3 is 0 Å². The summed E-state index contributed by atoms with van der Waals surface area (Å²) in [6.07, 6.45) is 2.89. The molecule has 3 rings (SSSR count). The Bertz CT molecular complexity index is 1110. The van der Waals surface area contributed by atoms with E-state index >= 15 is 0 Å². The fourth-order valence-corrected chi connectivity index (χ4v) is 4.00. The Morgan fingerprint density at radius 1 is 0.903 bits per heavy atom. The van der Waals surface area contributed by atoms with Gasteiger partial charge in [0.05, 0.1) is 4.90 Å². The van der Waals surface area contributed by atoms with Crippen LogP contribution < -0.4 is 10.6 Å². The molecule has 0 aromatic heterocycles. The minimum Gasteiger partial charge on any atom is -0.357 e. The van der Waals surface area contributed by atoms with Crippen molar-refractivity contribution in [3.05, 3.63) is 77.9 Å². The number of hydrogen-bond acceptors (Lipinski definition) is 3. The second-order valence-corrected chi connectivity index (χ2v) is 9.26. The van der Waals surface area contributed by atoms with E-state index in [0.29, 0.717) is 11.4 Å². The van der Waals surface area contributed by atoms with E-state index in [1.54, 1.807) is 12.1 Å². The lowest BCUT2D eigenvalue weighted by Crippen LogP contribution is -2.38. The molecule has 5 nitrogen and oxygen atoms in total. The fourth-order valence-electron chi connectivity index (χ4n) is 3.37. The van der Waals surface area contributed by atoms with Gasteiger partial charge in [0.15, 0.2) is 15.8 Å². The largest absolute Gasteiger partial charge is 0.357 e. The molecule has 7 heteroatoms. The van der Waals surface area contributed by atoms with Gasteiger partial charge in [0.25, 0.3) is 0 Å². The number of benzene rings is 3. The number of halogens is 1. The Balaban J connectivity index is 0.00000341. The van der Waals surface area contributed by atoms with Gasteiger partial charge in [0, 0.05) is 25.9 Å². The highest BCUT2D eigenvalue weighted by atomic mass is 127. The maximum absolute atomic E-state index is 11.6. The lowest BCUT2D eigenvalue weighted by atomic mass is 10.0. The topological polar surface area (TPSA) is 70.6 Å². The Morgan fingerprint density at radius 2 is 1.61 bits per heavy atom. The van der Waals surface area contributed by atoms with Crippen LogP contribution in [-0.2, 0) is 22.7 Å². The summed E-state index contributed by atoms with van der Waals surface area (Å²) in [7, 11) is -3.15. The number of fused-ring (bicyclic) bond motifs is 1. The molecule has 0 saturated heterocycles. The summed E-state index contributed by atoms with van der Waals surface area (Å²) in [5.74, 6) is 0.797. The van der Waals surface area contributed by atoms with Gasteiger partial charge in [-0.3, -0.25) is 4.99 Å². The predicted molar refractivity (Wildman–Crippen MR) is 140 cm³/mol. The molecule has 0 radical (unpaired) electrons. The van der Waals surface area contributed by atoms with Gasteiger partial charge in [-0.25, -0.2) is 8.42 Å². The summed E-state index contributed by atoms with van der Waals surface area (Å²) < 4.78 is 23.1. The van der Waals surface area contributed by atoms with Crippen LogP contribution in [0.25, 0.3) is 10.8 Å². The highest BCUT2D eigenvalue weighted by Gasteiger charge is 2.06. The molecule has 0 atom stereocenters. The summed E-state index contributed by atoms with van der Waals surface area (Å²) >= 11 is 0. The van der Waals surface area contributed by atoms with Gasteiger partial charge < -0.3 is 10.6 Å². The molecule has 0 spiro atoms. The van der Waals surface area contributed by atoms with Crippen molar-refractivity contribution >= 4 is 50.5 Å². The van der Waals surface area contributed by atoms with E-state index in [0.717, 1.165) is 37.5 Å². The molecule has 31 heavy (non-hydrogen) atoms. The number of guanidine groups is 1. The van der Waals surface area contributed by atoms with Crippen LogP contribution in [0.3, 0.4) is 0 Å². The average Bonchev–Trinajstić information content (AvgIpc) is 2.74. The number of aliphatic imine (C=N–C) groups is 1. The lowest BCUT2D eigenvalue weighted by Gasteiger charge is -2.12. The first-order valence-electron chi connectivity index (χ1n) is 10.2. The second kappa shape index (κ2) is 12.0. The Hall–Kier alpha value is -2.13. The standard InChI is InChI=1S/C24H29N3O2S.HI/c1-3-25-24(26-17-15-19-11-13-22(14-12-19)30(2,28)29)27-18-16-21-9-6-8-20-7-4-5-10-23(20)21;/h4-14H,3,15-18H2,1-2H3,(H2,25,26,27);1H. The molecule has 0 fully saturated rings. The normalized spacial score (nSPS) is 11.7. The molecule has 0 aliphatic heterocycles. The van der Waals surface area contributed by atoms with Crippen molar-refractivity contribution in [1.29, 1.82) is 0 Å². The molecule has 0 unspecified atom stereocenters. The van der Waals surface area contributed by atoms with Crippen LogP contribution >= 0.6 is 24.0 Å². The molecular weight excluding hydrogens is 521 g/mol. The highest BCUT2D eigenvalue weighted by Crippen LogP contribution is 2.18. The molecule has 0 heterocycles. The maximum atomic E-state index is 11.6. The summed E-state index contributed by atoms with van der Waals surface area (Å²) in [4.78, 5) is 5.06. The van der Waals surface area contributed by atoms with Crippen LogP contribution in [0, 0.1) is 0 Å². The van der Waals surface area contributed by atoms with Crippen LogP contribution in [0.1, 0.15) is 18.1 Å². The number of rotatable bonds is 8. The number of sulfone groups is 1. The molecule has 3 aromatic carbocycles. The van der Waals surface area contributed by atoms with Crippen molar-refractivity contribution in [2.24, 2.45) is 4.99 Å². The van der Waals surface area contributed by atoms with Crippen molar-refractivity contribution in [3.8, 4) is 0 Å². The smallest absolute Gasteiger partial charge is 0.191 e. The second-order valence-electron chi connectivity index (χ2n) is 7.24. The molecule has 0 amide bonds. The zero-order valence-electron chi connectivity index (χ0n) is 18.0. The molecule has 0 saturated carbocycles. The van der Waals surface area contributed by atoms with E-state index < -0.39 is 9.84 Å². The van der Waals surface area contributed by atoms with Gasteiger partial charge in [0.2, 0.25) is 0 Å². The Morgan fingerprint density at radius 3 is 2.32 bits per heavy atom. The number of nitrogens with zero attached hydrogens (tertiary/aromatic N) is 1. The van der Waals surface area contributed by atoms with E-state index in [2.05, 4.69) is 53.1 Å². The predicted octanol–water partition coefficient (Wildman–Crippen LogP) is 4.20. The van der Waals surface area contributed by atoms with E-state index in [1.165, 1.54) is 22.6 Å². The molecule has 0 aliphatic rings. The van der Waals surface area contributed by atoms with Crippen LogP contribution in [0.4, 0.5) is 0 Å². The Kier molecular flexibility index (Phi) is 9.77. The SMILES string of the molecule is CCNC(=NCCc1cccc2ccccc12)NCCc1ccc(S(C)(=O)=O)cc1.I. The van der Waals surface area contributed by atoms with Crippen molar-refractivity contribution in [1.82, 2.24) is 10.6 Å². The minimum absolute atomic E-state index is 0. The van der Waals surface area contributed by atoms with E-state index in [-0.39, 0.29) is 24.0 Å². The van der Waals surface area contributed by atoms with Gasteiger partial charge in [-0.15, -0.1) is 24.0 Å². The first kappa shape index (κ1) is 25.1. The van der Waals surface area contributed by atoms with Crippen LogP contribution in [-0.4, -0.2) is 40.3 Å². The summed E-state index contributed by atoms with van der Waals surface area (Å²) in [6, 6.07) is 21.9. The molecule has 0 bridgehead atoms. The number of nitrogens with one attached hydrogen (secondary N) is 2. The maximum Gasteiger partial charge on any atom is 0.191 e. The third-order valence-corrected chi connectivity index (χ3v) is 6.06. The van der Waals surface area contributed by atoms with E-state index in [1.807, 2.05) is 19.1 Å². The van der Waals surface area contributed by atoms with Gasteiger partial charge in [-0.05, 0) is 53.8 Å².